The van der Waals surface area contributed by atoms with E-state index in [9.17, 15) is 4.79 Å². The number of ether oxygens (including phenoxy) is 1. The van der Waals surface area contributed by atoms with Crippen molar-refractivity contribution in [2.45, 2.75) is 25.3 Å². The normalized spacial score (nSPS) is 28.1. The zero-order valence-corrected chi connectivity index (χ0v) is 12.5. The van der Waals surface area contributed by atoms with Gasteiger partial charge in [0.2, 0.25) is 0 Å². The van der Waals surface area contributed by atoms with E-state index in [1.807, 2.05) is 4.90 Å². The van der Waals surface area contributed by atoms with Crippen molar-refractivity contribution in [2.75, 3.05) is 38.8 Å². The molecule has 2 heterocycles. The van der Waals surface area contributed by atoms with Crippen molar-refractivity contribution in [2.24, 2.45) is 0 Å². The maximum atomic E-state index is 12.4. The number of nitrogens with zero attached hydrogens (tertiary/aromatic N) is 1. The maximum absolute atomic E-state index is 12.4. The van der Waals surface area contributed by atoms with Crippen molar-refractivity contribution in [3.63, 3.8) is 0 Å². The number of quaternary nitrogens is 1. The lowest BCUT2D eigenvalue weighted by Crippen LogP contribution is -3.11. The van der Waals surface area contributed by atoms with E-state index in [0.29, 0.717) is 12.0 Å². The highest BCUT2D eigenvalue weighted by Gasteiger charge is 2.45. The highest BCUT2D eigenvalue weighted by Crippen LogP contribution is 2.42. The standard InChI is InChI=1S/C16H22N2O2/c1-11-4-5-14-12(8-11)13-9-17(2)7-6-15(13)18(14)16(19)10-20-3/h4-5,8,13,15H,6-7,9-10H2,1-3H3/p+1. The summed E-state index contributed by atoms with van der Waals surface area (Å²) < 4.78 is 5.06. The Morgan fingerprint density at radius 2 is 2.30 bits per heavy atom. The summed E-state index contributed by atoms with van der Waals surface area (Å²) in [4.78, 5) is 16.0. The van der Waals surface area contributed by atoms with Crippen LogP contribution in [0.15, 0.2) is 18.2 Å². The summed E-state index contributed by atoms with van der Waals surface area (Å²) >= 11 is 0. The molecular formula is C16H23N2O2+. The second kappa shape index (κ2) is 5.19. The Morgan fingerprint density at radius 1 is 1.50 bits per heavy atom. The minimum absolute atomic E-state index is 0.0876. The van der Waals surface area contributed by atoms with Crippen LogP contribution in [0, 0.1) is 6.92 Å². The van der Waals surface area contributed by atoms with Crippen LogP contribution in [0.2, 0.25) is 0 Å². The summed E-state index contributed by atoms with van der Waals surface area (Å²) in [5.74, 6) is 0.559. The molecule has 4 heteroatoms. The molecule has 1 fully saturated rings. The van der Waals surface area contributed by atoms with E-state index in [0.717, 1.165) is 25.2 Å². The van der Waals surface area contributed by atoms with E-state index in [1.165, 1.54) is 11.1 Å². The van der Waals surface area contributed by atoms with Gasteiger partial charge in [-0.3, -0.25) is 4.79 Å². The van der Waals surface area contributed by atoms with Gasteiger partial charge in [0.1, 0.15) is 6.61 Å². The van der Waals surface area contributed by atoms with E-state index in [-0.39, 0.29) is 12.5 Å². The number of amides is 1. The number of hydrogen-bond donors (Lipinski definition) is 1. The fraction of sp³-hybridized carbons (Fsp3) is 0.562. The van der Waals surface area contributed by atoms with Crippen LogP contribution in [-0.4, -0.2) is 45.8 Å². The fourth-order valence-corrected chi connectivity index (χ4v) is 3.72. The van der Waals surface area contributed by atoms with Crippen LogP contribution in [0.3, 0.4) is 0 Å². The minimum Gasteiger partial charge on any atom is -0.375 e. The molecule has 4 nitrogen and oxygen atoms in total. The highest BCUT2D eigenvalue weighted by atomic mass is 16.5. The van der Waals surface area contributed by atoms with Crippen LogP contribution in [0.5, 0.6) is 0 Å². The molecule has 20 heavy (non-hydrogen) atoms. The third-order valence-electron chi connectivity index (χ3n) is 4.61. The molecule has 2 aliphatic rings. The highest BCUT2D eigenvalue weighted by molar-refractivity contribution is 5.97. The first-order valence-electron chi connectivity index (χ1n) is 7.34. The van der Waals surface area contributed by atoms with Crippen LogP contribution in [-0.2, 0) is 9.53 Å². The molecule has 0 aliphatic carbocycles. The number of aryl methyl sites for hydroxylation is 1. The molecule has 1 aromatic rings. The molecule has 1 aromatic carbocycles. The molecule has 2 aliphatic heterocycles. The zero-order chi connectivity index (χ0) is 14.3. The molecule has 0 radical (unpaired) electrons. The van der Waals surface area contributed by atoms with E-state index in [1.54, 1.807) is 12.0 Å². The number of likely N-dealkylation sites (tertiary alicyclic amines) is 1. The second-order valence-electron chi connectivity index (χ2n) is 6.13. The molecule has 1 amide bonds. The average molecular weight is 275 g/mol. The third-order valence-corrected chi connectivity index (χ3v) is 4.61. The molecule has 3 rings (SSSR count). The number of methoxy groups -OCH3 is 1. The first-order chi connectivity index (χ1) is 9.61. The predicted octanol–water partition coefficient (Wildman–Crippen LogP) is 0.359. The number of rotatable bonds is 2. The minimum atomic E-state index is 0.0876. The van der Waals surface area contributed by atoms with Crippen molar-refractivity contribution in [1.82, 2.24) is 0 Å². The van der Waals surface area contributed by atoms with Crippen molar-refractivity contribution in [3.8, 4) is 0 Å². The van der Waals surface area contributed by atoms with Crippen LogP contribution < -0.4 is 9.80 Å². The summed E-state index contributed by atoms with van der Waals surface area (Å²) in [5.41, 5.74) is 3.72. The summed E-state index contributed by atoms with van der Waals surface area (Å²) in [6.07, 6.45) is 1.07. The molecule has 3 unspecified atom stereocenters. The molecule has 0 saturated carbocycles. The van der Waals surface area contributed by atoms with Crippen LogP contribution in [0.25, 0.3) is 0 Å². The molecule has 3 atom stereocenters. The Morgan fingerprint density at radius 3 is 3.05 bits per heavy atom. The molecule has 1 saturated heterocycles. The molecule has 0 spiro atoms. The van der Waals surface area contributed by atoms with Gasteiger partial charge in [0, 0.05) is 19.2 Å². The van der Waals surface area contributed by atoms with E-state index in [2.05, 4.69) is 32.2 Å². The van der Waals surface area contributed by atoms with Gasteiger partial charge in [-0.05, 0) is 18.6 Å². The number of anilines is 1. The van der Waals surface area contributed by atoms with E-state index >= 15 is 0 Å². The Bertz CT molecular complexity index is 529. The van der Waals surface area contributed by atoms with Gasteiger partial charge < -0.3 is 14.5 Å². The molecule has 0 aromatic heterocycles. The van der Waals surface area contributed by atoms with Gasteiger partial charge >= 0.3 is 0 Å². The lowest BCUT2D eigenvalue weighted by atomic mass is 9.89. The quantitative estimate of drug-likeness (QED) is 0.845. The maximum Gasteiger partial charge on any atom is 0.253 e. The number of nitrogens with one attached hydrogen (secondary N) is 1. The number of carbonyl (C=O) groups excluding carboxylic acids is 1. The van der Waals surface area contributed by atoms with Gasteiger partial charge in [-0.1, -0.05) is 17.7 Å². The SMILES string of the molecule is COCC(=O)N1c2ccc(C)cc2C2C[NH+](C)CCC21. The topological polar surface area (TPSA) is 34.0 Å². The number of piperidine rings is 1. The average Bonchev–Trinajstić information content (AvgIpc) is 2.72. The van der Waals surface area contributed by atoms with Gasteiger partial charge in [0.05, 0.1) is 32.1 Å². The molecule has 1 N–H and O–H groups in total. The van der Waals surface area contributed by atoms with Gasteiger partial charge in [-0.15, -0.1) is 0 Å². The van der Waals surface area contributed by atoms with Gasteiger partial charge in [-0.2, -0.15) is 0 Å². The molecule has 0 bridgehead atoms. The summed E-state index contributed by atoms with van der Waals surface area (Å²) in [6, 6.07) is 6.77. The summed E-state index contributed by atoms with van der Waals surface area (Å²) in [7, 11) is 3.83. The largest absolute Gasteiger partial charge is 0.375 e. The van der Waals surface area contributed by atoms with Crippen molar-refractivity contribution >= 4 is 11.6 Å². The zero-order valence-electron chi connectivity index (χ0n) is 12.5. The lowest BCUT2D eigenvalue weighted by Gasteiger charge is -2.34. The number of carbonyl (C=O) groups is 1. The number of hydrogen-bond acceptors (Lipinski definition) is 2. The predicted molar refractivity (Wildman–Crippen MR) is 78.3 cm³/mol. The lowest BCUT2D eigenvalue weighted by molar-refractivity contribution is -0.886. The van der Waals surface area contributed by atoms with Crippen molar-refractivity contribution in [1.29, 1.82) is 0 Å². The summed E-state index contributed by atoms with van der Waals surface area (Å²) in [5, 5.41) is 0. The Kier molecular flexibility index (Phi) is 3.52. The first kappa shape index (κ1) is 13.6. The van der Waals surface area contributed by atoms with Gasteiger partial charge in [0.25, 0.3) is 5.91 Å². The van der Waals surface area contributed by atoms with E-state index < -0.39 is 0 Å². The smallest absolute Gasteiger partial charge is 0.253 e. The summed E-state index contributed by atoms with van der Waals surface area (Å²) in [6.45, 7) is 4.52. The Labute approximate surface area is 120 Å². The van der Waals surface area contributed by atoms with Crippen LogP contribution in [0.1, 0.15) is 23.5 Å². The van der Waals surface area contributed by atoms with Gasteiger partial charge in [-0.25, -0.2) is 0 Å². The molecular weight excluding hydrogens is 252 g/mol. The van der Waals surface area contributed by atoms with Crippen molar-refractivity contribution < 1.29 is 14.4 Å². The first-order valence-corrected chi connectivity index (χ1v) is 7.34. The Hall–Kier alpha value is -1.39. The number of benzene rings is 1. The van der Waals surface area contributed by atoms with Crippen LogP contribution >= 0.6 is 0 Å². The molecule has 108 valence electrons. The van der Waals surface area contributed by atoms with Gasteiger partial charge in [0.15, 0.2) is 0 Å². The Balaban J connectivity index is 2.01. The second-order valence-corrected chi connectivity index (χ2v) is 6.13. The van der Waals surface area contributed by atoms with E-state index in [4.69, 9.17) is 4.74 Å². The number of likely N-dealkylation sites (N-methyl/N-ethyl adjacent to an activating group) is 1. The monoisotopic (exact) mass is 275 g/mol. The third kappa shape index (κ3) is 2.13. The number of fused-ring (bicyclic) bond motifs is 3. The van der Waals surface area contributed by atoms with Crippen molar-refractivity contribution in [3.05, 3.63) is 29.3 Å². The van der Waals surface area contributed by atoms with Crippen LogP contribution in [0.4, 0.5) is 5.69 Å². The fourth-order valence-electron chi connectivity index (χ4n) is 3.72.